The van der Waals surface area contributed by atoms with Crippen LogP contribution in [-0.2, 0) is 17.8 Å². The SMILES string of the molecule is CCC(=O)N(Cc1cc(C)cc(C)c1)C1CCN(CCc2c(C)cc(OC)cc2C)CC1.Cl. The zero-order valence-electron chi connectivity index (χ0n) is 21.2. The standard InChI is InChI=1S/C28H40N2O2.ClH/c1-7-28(31)30(19-24-15-20(2)14-21(3)16-24)25-8-11-29(12-9-25)13-10-27-22(4)17-26(32-6)18-23(27)5;/h14-18,25H,7-13,19H2,1-6H3;1H. The summed E-state index contributed by atoms with van der Waals surface area (Å²) in [6.45, 7) is 14.5. The van der Waals surface area contributed by atoms with E-state index in [2.05, 4.69) is 67.8 Å². The van der Waals surface area contributed by atoms with Gasteiger partial charge in [-0.05, 0) is 81.3 Å². The quantitative estimate of drug-likeness (QED) is 0.487. The third-order valence-corrected chi connectivity index (χ3v) is 6.84. The maximum absolute atomic E-state index is 12.8. The van der Waals surface area contributed by atoms with E-state index in [0.29, 0.717) is 12.5 Å². The van der Waals surface area contributed by atoms with Crippen molar-refractivity contribution in [3.05, 3.63) is 63.7 Å². The second-order valence-corrected chi connectivity index (χ2v) is 9.43. The van der Waals surface area contributed by atoms with Crippen molar-refractivity contribution < 1.29 is 9.53 Å². The Morgan fingerprint density at radius 1 is 1.00 bits per heavy atom. The van der Waals surface area contributed by atoms with Crippen molar-refractivity contribution in [1.82, 2.24) is 9.80 Å². The molecule has 1 fully saturated rings. The average Bonchev–Trinajstić information content (AvgIpc) is 2.76. The fraction of sp³-hybridized carbons (Fsp3) is 0.536. The first-order valence-corrected chi connectivity index (χ1v) is 12.0. The Balaban J connectivity index is 0.00000385. The Bertz CT molecular complexity index is 892. The molecule has 5 heteroatoms. The number of ether oxygens (including phenoxy) is 1. The molecule has 0 atom stereocenters. The van der Waals surface area contributed by atoms with Crippen molar-refractivity contribution in [1.29, 1.82) is 0 Å². The van der Waals surface area contributed by atoms with Crippen LogP contribution in [0.15, 0.2) is 30.3 Å². The van der Waals surface area contributed by atoms with Gasteiger partial charge in [0.1, 0.15) is 5.75 Å². The van der Waals surface area contributed by atoms with Crippen LogP contribution in [0, 0.1) is 27.7 Å². The summed E-state index contributed by atoms with van der Waals surface area (Å²) in [5, 5.41) is 0. The molecular formula is C28H41ClN2O2. The molecule has 0 radical (unpaired) electrons. The first-order valence-electron chi connectivity index (χ1n) is 12.0. The molecule has 1 aliphatic rings. The number of nitrogens with zero attached hydrogens (tertiary/aromatic N) is 2. The summed E-state index contributed by atoms with van der Waals surface area (Å²) in [5.41, 5.74) is 7.84. The summed E-state index contributed by atoms with van der Waals surface area (Å²) in [7, 11) is 1.73. The first-order chi connectivity index (χ1) is 15.3. The topological polar surface area (TPSA) is 32.8 Å². The fourth-order valence-corrected chi connectivity index (χ4v) is 5.17. The summed E-state index contributed by atoms with van der Waals surface area (Å²) >= 11 is 0. The number of piperidine rings is 1. The molecule has 0 unspecified atom stereocenters. The van der Waals surface area contributed by atoms with Gasteiger partial charge in [-0.1, -0.05) is 36.2 Å². The number of benzene rings is 2. The molecule has 182 valence electrons. The summed E-state index contributed by atoms with van der Waals surface area (Å²) in [6, 6.07) is 11.2. The largest absolute Gasteiger partial charge is 0.497 e. The molecule has 1 saturated heterocycles. The molecular weight excluding hydrogens is 432 g/mol. The molecule has 3 rings (SSSR count). The Kier molecular flexibility index (Phi) is 10.2. The Labute approximate surface area is 206 Å². The lowest BCUT2D eigenvalue weighted by Crippen LogP contribution is -2.47. The normalized spacial score (nSPS) is 14.6. The van der Waals surface area contributed by atoms with Crippen LogP contribution in [0.2, 0.25) is 0 Å². The second-order valence-electron chi connectivity index (χ2n) is 9.43. The van der Waals surface area contributed by atoms with Gasteiger partial charge in [-0.15, -0.1) is 12.4 Å². The fourth-order valence-electron chi connectivity index (χ4n) is 5.17. The van der Waals surface area contributed by atoms with Crippen molar-refractivity contribution in [3.63, 3.8) is 0 Å². The molecule has 2 aromatic carbocycles. The highest BCUT2D eigenvalue weighted by Gasteiger charge is 2.27. The van der Waals surface area contributed by atoms with Gasteiger partial charge in [0, 0.05) is 38.6 Å². The van der Waals surface area contributed by atoms with E-state index in [1.165, 1.54) is 33.4 Å². The molecule has 33 heavy (non-hydrogen) atoms. The van der Waals surface area contributed by atoms with E-state index in [0.717, 1.165) is 51.2 Å². The van der Waals surface area contributed by atoms with Crippen LogP contribution in [0.4, 0.5) is 0 Å². The van der Waals surface area contributed by atoms with Gasteiger partial charge < -0.3 is 14.5 Å². The molecule has 1 amide bonds. The predicted octanol–water partition coefficient (Wildman–Crippen LogP) is 5.80. The number of aryl methyl sites for hydroxylation is 4. The lowest BCUT2D eigenvalue weighted by Gasteiger charge is -2.39. The lowest BCUT2D eigenvalue weighted by molar-refractivity contribution is -0.135. The van der Waals surface area contributed by atoms with Crippen LogP contribution in [0.1, 0.15) is 59.6 Å². The van der Waals surface area contributed by atoms with Gasteiger partial charge in [-0.25, -0.2) is 0 Å². The molecule has 1 heterocycles. The third kappa shape index (κ3) is 7.22. The number of methoxy groups -OCH3 is 1. The number of likely N-dealkylation sites (tertiary alicyclic amines) is 1. The number of rotatable bonds is 8. The van der Waals surface area contributed by atoms with E-state index in [9.17, 15) is 4.79 Å². The highest BCUT2D eigenvalue weighted by atomic mass is 35.5. The van der Waals surface area contributed by atoms with Crippen molar-refractivity contribution >= 4 is 18.3 Å². The maximum atomic E-state index is 12.8. The summed E-state index contributed by atoms with van der Waals surface area (Å²) < 4.78 is 5.40. The highest BCUT2D eigenvalue weighted by molar-refractivity contribution is 5.85. The second kappa shape index (κ2) is 12.4. The van der Waals surface area contributed by atoms with E-state index in [4.69, 9.17) is 4.74 Å². The van der Waals surface area contributed by atoms with Crippen LogP contribution < -0.4 is 4.74 Å². The van der Waals surface area contributed by atoms with Crippen LogP contribution >= 0.6 is 12.4 Å². The third-order valence-electron chi connectivity index (χ3n) is 6.84. The molecule has 0 N–H and O–H groups in total. The van der Waals surface area contributed by atoms with Crippen LogP contribution in [0.5, 0.6) is 5.75 Å². The van der Waals surface area contributed by atoms with Crippen molar-refractivity contribution in [2.45, 2.75) is 72.9 Å². The lowest BCUT2D eigenvalue weighted by atomic mass is 9.97. The molecule has 0 saturated carbocycles. The van der Waals surface area contributed by atoms with Crippen molar-refractivity contribution in [3.8, 4) is 5.75 Å². The Hall–Kier alpha value is -2.04. The number of hydrogen-bond acceptors (Lipinski definition) is 3. The molecule has 1 aliphatic heterocycles. The van der Waals surface area contributed by atoms with E-state index in [-0.39, 0.29) is 18.3 Å². The van der Waals surface area contributed by atoms with Crippen LogP contribution in [0.25, 0.3) is 0 Å². The van der Waals surface area contributed by atoms with Crippen LogP contribution in [0.3, 0.4) is 0 Å². The summed E-state index contributed by atoms with van der Waals surface area (Å²) in [4.78, 5) is 17.5. The number of carbonyl (C=O) groups is 1. The van der Waals surface area contributed by atoms with Crippen molar-refractivity contribution in [2.75, 3.05) is 26.7 Å². The molecule has 0 aliphatic carbocycles. The monoisotopic (exact) mass is 472 g/mol. The van der Waals surface area contributed by atoms with E-state index < -0.39 is 0 Å². The van der Waals surface area contributed by atoms with Gasteiger partial charge in [-0.3, -0.25) is 4.79 Å². The minimum atomic E-state index is 0. The maximum Gasteiger partial charge on any atom is 0.222 e. The zero-order chi connectivity index (χ0) is 23.3. The van der Waals surface area contributed by atoms with Gasteiger partial charge in [0.2, 0.25) is 5.91 Å². The summed E-state index contributed by atoms with van der Waals surface area (Å²) in [6.07, 6.45) is 3.74. The van der Waals surface area contributed by atoms with E-state index in [1.807, 2.05) is 6.92 Å². The van der Waals surface area contributed by atoms with Gasteiger partial charge >= 0.3 is 0 Å². The van der Waals surface area contributed by atoms with Crippen molar-refractivity contribution in [2.24, 2.45) is 0 Å². The minimum Gasteiger partial charge on any atom is -0.497 e. The Morgan fingerprint density at radius 2 is 1.58 bits per heavy atom. The smallest absolute Gasteiger partial charge is 0.222 e. The Morgan fingerprint density at radius 3 is 2.09 bits per heavy atom. The molecule has 2 aromatic rings. The van der Waals surface area contributed by atoms with E-state index in [1.54, 1.807) is 7.11 Å². The molecule has 0 aromatic heterocycles. The number of amides is 1. The average molecular weight is 473 g/mol. The number of carbonyl (C=O) groups excluding carboxylic acids is 1. The highest BCUT2D eigenvalue weighted by Crippen LogP contribution is 2.24. The van der Waals surface area contributed by atoms with Gasteiger partial charge in [-0.2, -0.15) is 0 Å². The predicted molar refractivity (Wildman–Crippen MR) is 140 cm³/mol. The molecule has 4 nitrogen and oxygen atoms in total. The van der Waals surface area contributed by atoms with Crippen LogP contribution in [-0.4, -0.2) is 48.5 Å². The van der Waals surface area contributed by atoms with Gasteiger partial charge in [0.05, 0.1) is 7.11 Å². The zero-order valence-corrected chi connectivity index (χ0v) is 22.1. The molecule has 0 bridgehead atoms. The van der Waals surface area contributed by atoms with E-state index >= 15 is 0 Å². The van der Waals surface area contributed by atoms with Gasteiger partial charge in [0.15, 0.2) is 0 Å². The van der Waals surface area contributed by atoms with Gasteiger partial charge in [0.25, 0.3) is 0 Å². The molecule has 0 spiro atoms. The summed E-state index contributed by atoms with van der Waals surface area (Å²) in [5.74, 6) is 1.21. The number of hydrogen-bond donors (Lipinski definition) is 0. The number of halogens is 1. The minimum absolute atomic E-state index is 0. The first kappa shape index (κ1) is 27.2.